The molecule has 0 aliphatic carbocycles. The topological polar surface area (TPSA) is 59.1 Å². The molecule has 0 radical (unpaired) electrons. The third-order valence-corrected chi connectivity index (χ3v) is 4.31. The number of anilines is 4. The molecule has 3 rings (SSSR count). The highest BCUT2D eigenvalue weighted by atomic mass is 19.4. The molecule has 0 atom stereocenters. The first-order chi connectivity index (χ1) is 14.8. The van der Waals surface area contributed by atoms with Crippen LogP contribution in [-0.2, 0) is 6.18 Å². The molecule has 2 N–H and O–H groups in total. The minimum atomic E-state index is -4.65. The fourth-order valence-electron chi connectivity index (χ4n) is 2.75. The molecule has 3 aromatic rings. The summed E-state index contributed by atoms with van der Waals surface area (Å²) in [7, 11) is 0. The second-order valence-electron chi connectivity index (χ2n) is 6.79. The number of unbranched alkanes of at least 4 members (excludes halogenated alkanes) is 2. The Morgan fingerprint density at radius 3 is 2.45 bits per heavy atom. The van der Waals surface area contributed by atoms with Gasteiger partial charge in [-0.05, 0) is 42.8 Å². The fourth-order valence-corrected chi connectivity index (χ4v) is 2.75. The standard InChI is InChI=1S/C22H22F4N4O/c1-2-3-4-12-31-18-7-5-6-17(13-18)28-20-19(22(24,25)26)14-27-21(30-20)29-16-10-8-15(23)9-11-16/h5-11,13-14H,2-4,12H2,1H3,(H2,27,28,29,30). The monoisotopic (exact) mass is 434 g/mol. The van der Waals surface area contributed by atoms with Crippen LogP contribution in [0.5, 0.6) is 5.75 Å². The van der Waals surface area contributed by atoms with Crippen LogP contribution in [-0.4, -0.2) is 16.6 Å². The van der Waals surface area contributed by atoms with Crippen molar-refractivity contribution in [3.63, 3.8) is 0 Å². The number of hydrogen-bond donors (Lipinski definition) is 2. The van der Waals surface area contributed by atoms with Gasteiger partial charge in [-0.25, -0.2) is 9.37 Å². The first-order valence-electron chi connectivity index (χ1n) is 9.82. The summed E-state index contributed by atoms with van der Waals surface area (Å²) in [5.74, 6) is -0.351. The molecule has 0 aliphatic heterocycles. The van der Waals surface area contributed by atoms with Crippen LogP contribution >= 0.6 is 0 Å². The molecular formula is C22H22F4N4O. The third-order valence-electron chi connectivity index (χ3n) is 4.31. The average Bonchev–Trinajstić information content (AvgIpc) is 2.73. The van der Waals surface area contributed by atoms with Crippen LogP contribution in [0.2, 0.25) is 0 Å². The van der Waals surface area contributed by atoms with Crippen LogP contribution < -0.4 is 15.4 Å². The van der Waals surface area contributed by atoms with E-state index in [0.717, 1.165) is 19.3 Å². The maximum absolute atomic E-state index is 13.5. The summed E-state index contributed by atoms with van der Waals surface area (Å²) in [5, 5.41) is 5.47. The normalized spacial score (nSPS) is 11.3. The Balaban J connectivity index is 1.82. The van der Waals surface area contributed by atoms with Crippen LogP contribution in [0.4, 0.5) is 40.7 Å². The Bertz CT molecular complexity index is 994. The van der Waals surface area contributed by atoms with E-state index in [1.54, 1.807) is 24.3 Å². The van der Waals surface area contributed by atoms with E-state index < -0.39 is 23.4 Å². The molecule has 5 nitrogen and oxygen atoms in total. The molecule has 1 aromatic heterocycles. The van der Waals surface area contributed by atoms with E-state index in [4.69, 9.17) is 4.74 Å². The zero-order valence-corrected chi connectivity index (χ0v) is 16.8. The molecule has 0 spiro atoms. The van der Waals surface area contributed by atoms with Crippen LogP contribution in [0.3, 0.4) is 0 Å². The Kier molecular flexibility index (Phi) is 7.28. The molecule has 1 heterocycles. The zero-order valence-electron chi connectivity index (χ0n) is 16.8. The van der Waals surface area contributed by atoms with Crippen molar-refractivity contribution in [2.75, 3.05) is 17.2 Å². The summed E-state index contributed by atoms with van der Waals surface area (Å²) < 4.78 is 59.1. The van der Waals surface area contributed by atoms with Crippen molar-refractivity contribution in [2.45, 2.75) is 32.4 Å². The fraction of sp³-hybridized carbons (Fsp3) is 0.273. The minimum Gasteiger partial charge on any atom is -0.494 e. The van der Waals surface area contributed by atoms with E-state index in [9.17, 15) is 17.6 Å². The summed E-state index contributed by atoms with van der Waals surface area (Å²) >= 11 is 0. The number of nitrogens with zero attached hydrogens (tertiary/aromatic N) is 2. The smallest absolute Gasteiger partial charge is 0.421 e. The highest BCUT2D eigenvalue weighted by Gasteiger charge is 2.35. The zero-order chi connectivity index (χ0) is 22.3. The molecule has 0 fully saturated rings. The molecular weight excluding hydrogens is 412 g/mol. The Hall–Kier alpha value is -3.36. The van der Waals surface area contributed by atoms with Crippen molar-refractivity contribution in [3.05, 3.63) is 66.1 Å². The van der Waals surface area contributed by atoms with Crippen molar-refractivity contribution >= 4 is 23.1 Å². The van der Waals surface area contributed by atoms with Crippen LogP contribution in [0.15, 0.2) is 54.7 Å². The number of hydrogen-bond acceptors (Lipinski definition) is 5. The van der Waals surface area contributed by atoms with E-state index in [2.05, 4.69) is 27.5 Å². The lowest BCUT2D eigenvalue weighted by Crippen LogP contribution is -2.12. The van der Waals surface area contributed by atoms with Crippen molar-refractivity contribution in [1.82, 2.24) is 9.97 Å². The molecule has 0 saturated heterocycles. The Morgan fingerprint density at radius 1 is 0.968 bits per heavy atom. The number of nitrogens with one attached hydrogen (secondary N) is 2. The summed E-state index contributed by atoms with van der Waals surface area (Å²) in [6.45, 7) is 2.62. The first-order valence-corrected chi connectivity index (χ1v) is 9.82. The Labute approximate surface area is 177 Å². The number of aromatic nitrogens is 2. The van der Waals surface area contributed by atoms with E-state index >= 15 is 0 Å². The molecule has 164 valence electrons. The second kappa shape index (κ2) is 10.1. The lowest BCUT2D eigenvalue weighted by atomic mass is 10.2. The number of ether oxygens (including phenoxy) is 1. The van der Waals surface area contributed by atoms with Gasteiger partial charge in [-0.1, -0.05) is 25.8 Å². The molecule has 0 unspecified atom stereocenters. The van der Waals surface area contributed by atoms with E-state index in [0.29, 0.717) is 29.9 Å². The number of halogens is 4. The molecule has 0 aliphatic rings. The molecule has 2 aromatic carbocycles. The summed E-state index contributed by atoms with van der Waals surface area (Å²) in [6, 6.07) is 12.0. The van der Waals surface area contributed by atoms with E-state index in [1.807, 2.05) is 0 Å². The molecule has 31 heavy (non-hydrogen) atoms. The van der Waals surface area contributed by atoms with Gasteiger partial charge in [-0.15, -0.1) is 0 Å². The maximum atomic E-state index is 13.5. The largest absolute Gasteiger partial charge is 0.494 e. The molecule has 0 amide bonds. The summed E-state index contributed by atoms with van der Waals surface area (Å²) in [5.41, 5.74) is -0.175. The van der Waals surface area contributed by atoms with Gasteiger partial charge in [0.1, 0.15) is 22.9 Å². The van der Waals surface area contributed by atoms with Crippen LogP contribution in [0.25, 0.3) is 0 Å². The van der Waals surface area contributed by atoms with Gasteiger partial charge in [-0.2, -0.15) is 18.2 Å². The van der Waals surface area contributed by atoms with Crippen molar-refractivity contribution in [3.8, 4) is 5.75 Å². The predicted octanol–water partition coefficient (Wildman–Crippen LogP) is 6.69. The molecule has 0 bridgehead atoms. The predicted molar refractivity (Wildman–Crippen MR) is 111 cm³/mol. The second-order valence-corrected chi connectivity index (χ2v) is 6.79. The van der Waals surface area contributed by atoms with Gasteiger partial charge < -0.3 is 15.4 Å². The number of rotatable bonds is 9. The van der Waals surface area contributed by atoms with Crippen LogP contribution in [0.1, 0.15) is 31.7 Å². The lowest BCUT2D eigenvalue weighted by molar-refractivity contribution is -0.137. The summed E-state index contributed by atoms with van der Waals surface area (Å²) in [6.07, 6.45) is -0.946. The highest BCUT2D eigenvalue weighted by Crippen LogP contribution is 2.35. The third kappa shape index (κ3) is 6.56. The average molecular weight is 434 g/mol. The SMILES string of the molecule is CCCCCOc1cccc(Nc2nc(Nc3ccc(F)cc3)ncc2C(F)(F)F)c1. The van der Waals surface area contributed by atoms with Crippen molar-refractivity contribution in [1.29, 1.82) is 0 Å². The van der Waals surface area contributed by atoms with E-state index in [1.165, 1.54) is 24.3 Å². The summed E-state index contributed by atoms with van der Waals surface area (Å²) in [4.78, 5) is 7.72. The number of alkyl halides is 3. The van der Waals surface area contributed by atoms with E-state index in [-0.39, 0.29) is 5.95 Å². The Morgan fingerprint density at radius 2 is 1.74 bits per heavy atom. The quantitative estimate of drug-likeness (QED) is 0.290. The van der Waals surface area contributed by atoms with Gasteiger partial charge >= 0.3 is 6.18 Å². The van der Waals surface area contributed by atoms with Crippen molar-refractivity contribution in [2.24, 2.45) is 0 Å². The highest BCUT2D eigenvalue weighted by molar-refractivity contribution is 5.63. The van der Waals surface area contributed by atoms with Crippen molar-refractivity contribution < 1.29 is 22.3 Å². The molecule has 9 heteroatoms. The van der Waals surface area contributed by atoms with Gasteiger partial charge in [0.25, 0.3) is 0 Å². The van der Waals surface area contributed by atoms with Gasteiger partial charge in [0.2, 0.25) is 5.95 Å². The van der Waals surface area contributed by atoms with Gasteiger partial charge in [0.05, 0.1) is 6.61 Å². The maximum Gasteiger partial charge on any atom is 0.421 e. The molecule has 0 saturated carbocycles. The minimum absolute atomic E-state index is 0.0610. The first kappa shape index (κ1) is 22.3. The lowest BCUT2D eigenvalue weighted by Gasteiger charge is -2.15. The number of benzene rings is 2. The van der Waals surface area contributed by atoms with Crippen LogP contribution in [0, 0.1) is 5.82 Å². The van der Waals surface area contributed by atoms with Gasteiger partial charge in [-0.3, -0.25) is 0 Å². The van der Waals surface area contributed by atoms with Gasteiger partial charge in [0, 0.05) is 23.6 Å². The van der Waals surface area contributed by atoms with Gasteiger partial charge in [0.15, 0.2) is 0 Å².